The van der Waals surface area contributed by atoms with Crippen LogP contribution in [0.25, 0.3) is 0 Å². The van der Waals surface area contributed by atoms with Gasteiger partial charge < -0.3 is 29.2 Å². The summed E-state index contributed by atoms with van der Waals surface area (Å²) in [7, 11) is 1.63. The summed E-state index contributed by atoms with van der Waals surface area (Å²) in [5.41, 5.74) is 5.04. The van der Waals surface area contributed by atoms with E-state index in [-0.39, 0.29) is 0 Å². The van der Waals surface area contributed by atoms with Crippen LogP contribution in [-0.2, 0) is 26.1 Å². The molecule has 1 aromatic heterocycles. The number of ether oxygens (including phenoxy) is 4. The van der Waals surface area contributed by atoms with Crippen molar-refractivity contribution in [2.75, 3.05) is 39.9 Å². The molecule has 7 heteroatoms. The number of nitrogens with one attached hydrogen (secondary N) is 1. The first-order valence-corrected chi connectivity index (χ1v) is 17.8. The predicted molar refractivity (Wildman–Crippen MR) is 193 cm³/mol. The lowest BCUT2D eigenvalue weighted by Gasteiger charge is -2.36. The molecule has 1 aliphatic carbocycles. The molecule has 1 N–H and O–H groups in total. The predicted octanol–water partition coefficient (Wildman–Crippen LogP) is 8.05. The fourth-order valence-electron chi connectivity index (χ4n) is 6.50. The highest BCUT2D eigenvalue weighted by Crippen LogP contribution is 2.39. The number of fused-ring (bicyclic) bond motifs is 1. The summed E-state index contributed by atoms with van der Waals surface area (Å²) >= 11 is 0. The molecule has 5 rings (SSSR count). The molecular weight excluding hydrogens is 598 g/mol. The van der Waals surface area contributed by atoms with E-state index in [1.54, 1.807) is 13.3 Å². The van der Waals surface area contributed by atoms with Crippen LogP contribution >= 0.6 is 0 Å². The van der Waals surface area contributed by atoms with E-state index >= 15 is 0 Å². The van der Waals surface area contributed by atoms with Crippen molar-refractivity contribution in [3.8, 4) is 23.1 Å². The van der Waals surface area contributed by atoms with Crippen LogP contribution in [0.5, 0.6) is 23.1 Å². The molecule has 0 aliphatic heterocycles. The molecule has 1 atom stereocenters. The third-order valence-electron chi connectivity index (χ3n) is 9.02. The first-order valence-electron chi connectivity index (χ1n) is 17.8. The van der Waals surface area contributed by atoms with Crippen molar-refractivity contribution in [1.82, 2.24) is 15.2 Å². The minimum Gasteiger partial charge on any atom is -0.491 e. The van der Waals surface area contributed by atoms with E-state index < -0.39 is 0 Å². The second kappa shape index (κ2) is 19.7. The monoisotopic (exact) mass is 651 g/mol. The van der Waals surface area contributed by atoms with Crippen LogP contribution in [0.1, 0.15) is 67.7 Å². The van der Waals surface area contributed by atoms with Crippen LogP contribution in [0.15, 0.2) is 91.1 Å². The van der Waals surface area contributed by atoms with Gasteiger partial charge in [0.1, 0.15) is 19.8 Å². The van der Waals surface area contributed by atoms with Crippen molar-refractivity contribution in [3.63, 3.8) is 0 Å². The Kier molecular flexibility index (Phi) is 14.4. The van der Waals surface area contributed by atoms with Crippen LogP contribution in [-0.4, -0.2) is 55.8 Å². The molecule has 0 saturated carbocycles. The SMILES string of the molecule is CCCN(CCCCCCNCCOc1ncccc1OC)C1CCc2c(ccc(OCc3ccccc3)c2OCc2ccccc2)C1. The average Bonchev–Trinajstić information content (AvgIpc) is 3.14. The summed E-state index contributed by atoms with van der Waals surface area (Å²) < 4.78 is 24.0. The van der Waals surface area contributed by atoms with E-state index in [1.165, 1.54) is 48.8 Å². The van der Waals surface area contributed by atoms with Crippen molar-refractivity contribution in [3.05, 3.63) is 113 Å². The maximum absolute atomic E-state index is 6.56. The van der Waals surface area contributed by atoms with E-state index in [0.29, 0.717) is 37.5 Å². The highest BCUT2D eigenvalue weighted by Gasteiger charge is 2.27. The first kappa shape index (κ1) is 35.2. The standard InChI is InChI=1S/C41H53N3O4/c1-3-27-44(28-13-5-4-12-24-42-26-29-46-41-39(45-2)19-14-25-43-41)36-21-22-37-35(30-36)20-23-38(47-31-33-15-8-6-9-16-33)40(37)48-32-34-17-10-7-11-18-34/h6-11,14-20,23,25,36,42H,3-5,12-13,21-22,24,26-32H2,1-2H3. The zero-order valence-electron chi connectivity index (χ0n) is 28.9. The Morgan fingerprint density at radius 1 is 0.750 bits per heavy atom. The van der Waals surface area contributed by atoms with Crippen molar-refractivity contribution in [1.29, 1.82) is 0 Å². The van der Waals surface area contributed by atoms with E-state index in [1.807, 2.05) is 24.3 Å². The molecule has 48 heavy (non-hydrogen) atoms. The minimum atomic E-state index is 0.528. The summed E-state index contributed by atoms with van der Waals surface area (Å²) in [5, 5.41) is 3.49. The number of benzene rings is 3. The van der Waals surface area contributed by atoms with Gasteiger partial charge in [-0.25, -0.2) is 4.98 Å². The summed E-state index contributed by atoms with van der Waals surface area (Å²) in [6.07, 6.45) is 11.0. The van der Waals surface area contributed by atoms with E-state index in [2.05, 4.69) is 82.8 Å². The molecule has 256 valence electrons. The Hall–Kier alpha value is -4.07. The molecule has 0 fully saturated rings. The van der Waals surface area contributed by atoms with Crippen molar-refractivity contribution in [2.45, 2.75) is 77.5 Å². The number of aromatic nitrogens is 1. The number of pyridine rings is 1. The molecule has 1 aliphatic rings. The van der Waals surface area contributed by atoms with Gasteiger partial charge in [-0.1, -0.05) is 86.5 Å². The molecule has 0 spiro atoms. The molecule has 0 bridgehead atoms. The molecular formula is C41H53N3O4. The minimum absolute atomic E-state index is 0.528. The van der Waals surface area contributed by atoms with Crippen LogP contribution in [0, 0.1) is 0 Å². The molecule has 0 saturated heterocycles. The van der Waals surface area contributed by atoms with E-state index in [0.717, 1.165) is 62.5 Å². The third-order valence-corrected chi connectivity index (χ3v) is 9.02. The van der Waals surface area contributed by atoms with Crippen molar-refractivity contribution in [2.24, 2.45) is 0 Å². The second-order valence-electron chi connectivity index (χ2n) is 12.5. The highest BCUT2D eigenvalue weighted by molar-refractivity contribution is 5.52. The Bertz CT molecular complexity index is 1480. The first-order chi connectivity index (χ1) is 23.7. The Morgan fingerprint density at radius 2 is 1.50 bits per heavy atom. The molecule has 7 nitrogen and oxygen atoms in total. The van der Waals surface area contributed by atoms with Gasteiger partial charge >= 0.3 is 0 Å². The number of nitrogens with zero attached hydrogens (tertiary/aromatic N) is 2. The molecule has 1 heterocycles. The fraction of sp³-hybridized carbons (Fsp3) is 0.439. The lowest BCUT2D eigenvalue weighted by atomic mass is 9.86. The van der Waals surface area contributed by atoms with Crippen LogP contribution < -0.4 is 24.3 Å². The van der Waals surface area contributed by atoms with Crippen molar-refractivity contribution >= 4 is 0 Å². The summed E-state index contributed by atoms with van der Waals surface area (Å²) in [6.45, 7) is 8.06. The fourth-order valence-corrected chi connectivity index (χ4v) is 6.50. The Morgan fingerprint density at radius 3 is 2.25 bits per heavy atom. The van der Waals surface area contributed by atoms with Gasteiger partial charge in [-0.05, 0) is 93.0 Å². The van der Waals surface area contributed by atoms with Crippen molar-refractivity contribution < 1.29 is 18.9 Å². The third kappa shape index (κ3) is 10.7. The second-order valence-corrected chi connectivity index (χ2v) is 12.5. The summed E-state index contributed by atoms with van der Waals surface area (Å²) in [6, 6.07) is 29.5. The van der Waals surface area contributed by atoms with Gasteiger partial charge in [-0.3, -0.25) is 0 Å². The molecule has 4 aromatic rings. The lowest BCUT2D eigenvalue weighted by molar-refractivity contribution is 0.174. The summed E-state index contributed by atoms with van der Waals surface area (Å²) in [4.78, 5) is 6.99. The maximum atomic E-state index is 6.56. The molecule has 1 unspecified atom stereocenters. The quantitative estimate of drug-likeness (QED) is 0.0915. The largest absolute Gasteiger partial charge is 0.491 e. The Balaban J connectivity index is 1.08. The topological polar surface area (TPSA) is 65.1 Å². The molecule has 0 amide bonds. The maximum Gasteiger partial charge on any atom is 0.257 e. The van der Waals surface area contributed by atoms with Gasteiger partial charge in [-0.15, -0.1) is 0 Å². The van der Waals surface area contributed by atoms with Gasteiger partial charge in [0.2, 0.25) is 0 Å². The number of hydrogen-bond donors (Lipinski definition) is 1. The number of unbranched alkanes of at least 4 members (excludes halogenated alkanes) is 3. The lowest BCUT2D eigenvalue weighted by Crippen LogP contribution is -2.40. The van der Waals surface area contributed by atoms with Gasteiger partial charge in [0, 0.05) is 24.3 Å². The zero-order valence-corrected chi connectivity index (χ0v) is 28.9. The number of methoxy groups -OCH3 is 1. The van der Waals surface area contributed by atoms with Crippen LogP contribution in [0.3, 0.4) is 0 Å². The smallest absolute Gasteiger partial charge is 0.257 e. The Labute approximate surface area is 287 Å². The van der Waals surface area contributed by atoms with Gasteiger partial charge in [-0.2, -0.15) is 0 Å². The summed E-state index contributed by atoms with van der Waals surface area (Å²) in [5.74, 6) is 2.98. The van der Waals surface area contributed by atoms with Crippen LogP contribution in [0.2, 0.25) is 0 Å². The normalized spacial score (nSPS) is 14.0. The molecule has 0 radical (unpaired) electrons. The van der Waals surface area contributed by atoms with E-state index in [4.69, 9.17) is 18.9 Å². The van der Waals surface area contributed by atoms with Gasteiger partial charge in [0.05, 0.1) is 7.11 Å². The van der Waals surface area contributed by atoms with Gasteiger partial charge in [0.15, 0.2) is 17.2 Å². The highest BCUT2D eigenvalue weighted by atomic mass is 16.5. The number of rotatable bonds is 21. The molecule has 3 aromatic carbocycles. The van der Waals surface area contributed by atoms with E-state index in [9.17, 15) is 0 Å². The van der Waals surface area contributed by atoms with Gasteiger partial charge in [0.25, 0.3) is 5.88 Å². The number of hydrogen-bond acceptors (Lipinski definition) is 7. The van der Waals surface area contributed by atoms with Crippen LogP contribution in [0.4, 0.5) is 0 Å². The zero-order chi connectivity index (χ0) is 33.2. The average molecular weight is 652 g/mol.